The molecule has 0 unspecified atom stereocenters. The van der Waals surface area contributed by atoms with E-state index in [0.717, 1.165) is 19.3 Å². The van der Waals surface area contributed by atoms with Gasteiger partial charge in [0, 0.05) is 6.54 Å². The number of benzene rings is 1. The van der Waals surface area contributed by atoms with Crippen molar-refractivity contribution in [1.82, 2.24) is 4.90 Å². The first kappa shape index (κ1) is 13.2. The molecule has 0 saturated carbocycles. The lowest BCUT2D eigenvalue weighted by atomic mass is 10.0. The largest absolute Gasteiger partial charge is 0.485 e. The third-order valence-electron chi connectivity index (χ3n) is 3.90. The van der Waals surface area contributed by atoms with Gasteiger partial charge in [-0.1, -0.05) is 12.1 Å². The van der Waals surface area contributed by atoms with E-state index in [1.165, 1.54) is 0 Å². The molecule has 1 aromatic rings. The van der Waals surface area contributed by atoms with Crippen LogP contribution in [0.15, 0.2) is 24.3 Å². The number of carbonyl (C=O) groups excluding carboxylic acids is 1. The Bertz CT molecular complexity index is 491. The number of para-hydroxylation sites is 2. The van der Waals surface area contributed by atoms with Crippen molar-refractivity contribution in [2.45, 2.75) is 31.4 Å². The Morgan fingerprint density at radius 2 is 2.10 bits per heavy atom. The highest BCUT2D eigenvalue weighted by Crippen LogP contribution is 2.31. The minimum Gasteiger partial charge on any atom is -0.485 e. The van der Waals surface area contributed by atoms with Gasteiger partial charge < -0.3 is 19.5 Å². The SMILES string of the molecule is O=C([C@@H]1COc2ccccc2O1)N1CCCC[C@@H]1CO. The molecular formula is C15H19NO4. The molecule has 0 aliphatic carbocycles. The second-order valence-corrected chi connectivity index (χ2v) is 5.23. The number of fused-ring (bicyclic) bond motifs is 1. The molecule has 0 aromatic heterocycles. The normalized spacial score (nSPS) is 25.4. The molecular weight excluding hydrogens is 258 g/mol. The number of hydrogen-bond donors (Lipinski definition) is 1. The van der Waals surface area contributed by atoms with Gasteiger partial charge in [0.25, 0.3) is 5.91 Å². The standard InChI is InChI=1S/C15H19NO4/c17-9-11-5-3-4-8-16(11)15(18)14-10-19-12-6-1-2-7-13(12)20-14/h1-2,6-7,11,14,17H,3-5,8-10H2/t11-,14+/m1/s1. The molecule has 1 amide bonds. The minimum atomic E-state index is -0.614. The van der Waals surface area contributed by atoms with Crippen molar-refractivity contribution in [3.63, 3.8) is 0 Å². The van der Waals surface area contributed by atoms with Crippen molar-refractivity contribution in [2.24, 2.45) is 0 Å². The summed E-state index contributed by atoms with van der Waals surface area (Å²) in [4.78, 5) is 14.3. The molecule has 2 heterocycles. The van der Waals surface area contributed by atoms with Crippen LogP contribution in [0.25, 0.3) is 0 Å². The summed E-state index contributed by atoms with van der Waals surface area (Å²) in [5.41, 5.74) is 0. The monoisotopic (exact) mass is 277 g/mol. The molecule has 1 aromatic carbocycles. The highest BCUT2D eigenvalue weighted by Gasteiger charge is 2.35. The predicted octanol–water partition coefficient (Wildman–Crippen LogP) is 1.20. The Hall–Kier alpha value is -1.75. The van der Waals surface area contributed by atoms with Crippen molar-refractivity contribution in [3.05, 3.63) is 24.3 Å². The first-order valence-electron chi connectivity index (χ1n) is 7.09. The van der Waals surface area contributed by atoms with Crippen LogP contribution in [-0.2, 0) is 4.79 Å². The number of aliphatic hydroxyl groups is 1. The molecule has 0 bridgehead atoms. The van der Waals surface area contributed by atoms with E-state index >= 15 is 0 Å². The number of amides is 1. The first-order valence-corrected chi connectivity index (χ1v) is 7.09. The molecule has 2 aliphatic rings. The van der Waals surface area contributed by atoms with Crippen molar-refractivity contribution in [2.75, 3.05) is 19.8 Å². The van der Waals surface area contributed by atoms with Crippen LogP contribution in [0.4, 0.5) is 0 Å². The Kier molecular flexibility index (Phi) is 3.78. The van der Waals surface area contributed by atoms with Gasteiger partial charge in [-0.15, -0.1) is 0 Å². The van der Waals surface area contributed by atoms with Crippen LogP contribution in [0.5, 0.6) is 11.5 Å². The third kappa shape index (κ3) is 2.45. The lowest BCUT2D eigenvalue weighted by molar-refractivity contribution is -0.146. The van der Waals surface area contributed by atoms with Crippen LogP contribution in [0.2, 0.25) is 0 Å². The summed E-state index contributed by atoms with van der Waals surface area (Å²) >= 11 is 0. The van der Waals surface area contributed by atoms with Gasteiger partial charge in [0.05, 0.1) is 12.6 Å². The minimum absolute atomic E-state index is 0.00983. The zero-order valence-electron chi connectivity index (χ0n) is 11.3. The maximum atomic E-state index is 12.5. The van der Waals surface area contributed by atoms with E-state index < -0.39 is 6.10 Å². The second kappa shape index (κ2) is 5.71. The molecule has 3 rings (SSSR count). The molecule has 1 N–H and O–H groups in total. The van der Waals surface area contributed by atoms with Gasteiger partial charge >= 0.3 is 0 Å². The number of nitrogens with zero attached hydrogens (tertiary/aromatic N) is 1. The number of likely N-dealkylation sites (tertiary alicyclic amines) is 1. The molecule has 0 spiro atoms. The van der Waals surface area contributed by atoms with Crippen molar-refractivity contribution >= 4 is 5.91 Å². The van der Waals surface area contributed by atoms with Crippen molar-refractivity contribution in [1.29, 1.82) is 0 Å². The summed E-state index contributed by atoms with van der Waals surface area (Å²) in [6.45, 7) is 0.923. The maximum absolute atomic E-state index is 12.5. The first-order chi connectivity index (χ1) is 9.79. The van der Waals surface area contributed by atoms with Gasteiger partial charge in [0.1, 0.15) is 6.61 Å². The topological polar surface area (TPSA) is 59.0 Å². The quantitative estimate of drug-likeness (QED) is 0.882. The van der Waals surface area contributed by atoms with E-state index in [1.54, 1.807) is 11.0 Å². The molecule has 2 atom stereocenters. The molecule has 1 saturated heterocycles. The van der Waals surface area contributed by atoms with Gasteiger partial charge in [-0.25, -0.2) is 0 Å². The van der Waals surface area contributed by atoms with Crippen LogP contribution < -0.4 is 9.47 Å². The Labute approximate surface area is 118 Å². The maximum Gasteiger partial charge on any atom is 0.267 e. The van der Waals surface area contributed by atoms with Gasteiger partial charge in [-0.05, 0) is 31.4 Å². The highest BCUT2D eigenvalue weighted by atomic mass is 16.6. The Morgan fingerprint density at radius 3 is 2.90 bits per heavy atom. The lowest BCUT2D eigenvalue weighted by Gasteiger charge is -2.37. The highest BCUT2D eigenvalue weighted by molar-refractivity contribution is 5.82. The number of hydrogen-bond acceptors (Lipinski definition) is 4. The van der Waals surface area contributed by atoms with E-state index in [4.69, 9.17) is 9.47 Å². The number of ether oxygens (including phenoxy) is 2. The average molecular weight is 277 g/mol. The summed E-state index contributed by atoms with van der Waals surface area (Å²) < 4.78 is 11.3. The fourth-order valence-electron chi connectivity index (χ4n) is 2.81. The van der Waals surface area contributed by atoms with Crippen LogP contribution in [0, 0.1) is 0 Å². The Balaban J connectivity index is 1.72. The molecule has 108 valence electrons. The van der Waals surface area contributed by atoms with Gasteiger partial charge in [0.2, 0.25) is 6.10 Å². The molecule has 5 heteroatoms. The zero-order chi connectivity index (χ0) is 13.9. The van der Waals surface area contributed by atoms with E-state index in [2.05, 4.69) is 0 Å². The third-order valence-corrected chi connectivity index (χ3v) is 3.90. The van der Waals surface area contributed by atoms with Gasteiger partial charge in [-0.2, -0.15) is 0 Å². The number of carbonyl (C=O) groups is 1. The summed E-state index contributed by atoms with van der Waals surface area (Å²) in [7, 11) is 0. The summed E-state index contributed by atoms with van der Waals surface area (Å²) in [6.07, 6.45) is 2.27. The van der Waals surface area contributed by atoms with E-state index in [0.29, 0.717) is 18.0 Å². The number of aliphatic hydroxyl groups excluding tert-OH is 1. The molecule has 2 aliphatic heterocycles. The number of rotatable bonds is 2. The van der Waals surface area contributed by atoms with Crippen LogP contribution >= 0.6 is 0 Å². The lowest BCUT2D eigenvalue weighted by Crippen LogP contribution is -2.53. The molecule has 0 radical (unpaired) electrons. The second-order valence-electron chi connectivity index (χ2n) is 5.23. The van der Waals surface area contributed by atoms with Crippen LogP contribution in [-0.4, -0.2) is 47.8 Å². The van der Waals surface area contributed by atoms with Crippen LogP contribution in [0.3, 0.4) is 0 Å². The van der Waals surface area contributed by atoms with Crippen molar-refractivity contribution in [3.8, 4) is 11.5 Å². The summed E-state index contributed by atoms with van der Waals surface area (Å²) in [5.74, 6) is 1.20. The number of piperidine rings is 1. The van der Waals surface area contributed by atoms with Crippen molar-refractivity contribution < 1.29 is 19.4 Å². The fourth-order valence-corrected chi connectivity index (χ4v) is 2.81. The zero-order valence-corrected chi connectivity index (χ0v) is 11.3. The molecule has 20 heavy (non-hydrogen) atoms. The summed E-state index contributed by atoms with van der Waals surface area (Å²) in [5, 5.41) is 9.40. The smallest absolute Gasteiger partial charge is 0.267 e. The van der Waals surface area contributed by atoms with Crippen LogP contribution in [0.1, 0.15) is 19.3 Å². The molecule has 1 fully saturated rings. The predicted molar refractivity (Wildman–Crippen MR) is 72.8 cm³/mol. The average Bonchev–Trinajstić information content (AvgIpc) is 2.53. The molecule has 5 nitrogen and oxygen atoms in total. The Morgan fingerprint density at radius 1 is 1.30 bits per heavy atom. The van der Waals surface area contributed by atoms with E-state index in [9.17, 15) is 9.90 Å². The fraction of sp³-hybridized carbons (Fsp3) is 0.533. The summed E-state index contributed by atoms with van der Waals surface area (Å²) in [6, 6.07) is 7.27. The van der Waals surface area contributed by atoms with Gasteiger partial charge in [-0.3, -0.25) is 4.79 Å². The van der Waals surface area contributed by atoms with E-state index in [1.807, 2.05) is 18.2 Å². The van der Waals surface area contributed by atoms with E-state index in [-0.39, 0.29) is 25.2 Å². The van der Waals surface area contributed by atoms with Gasteiger partial charge in [0.15, 0.2) is 11.5 Å².